The van der Waals surface area contributed by atoms with Gasteiger partial charge in [-0.2, -0.15) is 18.3 Å². The number of alkyl halides is 3. The molecule has 0 saturated carbocycles. The number of fused-ring (bicyclic) bond motifs is 1. The standard InChI is InChI=1S/C12H10F3N5O2/c13-12(14,15)11(22)5-20(10-7(11)2-1-3-16-10)9(21)4-8-17-6-18-19-8/h1-3,6,22H,4-5H2,(H,17,18,19). The summed E-state index contributed by atoms with van der Waals surface area (Å²) in [5.74, 6) is -0.659. The lowest BCUT2D eigenvalue weighted by molar-refractivity contribution is -0.259. The average molecular weight is 313 g/mol. The molecule has 1 aliphatic rings. The van der Waals surface area contributed by atoms with Crippen LogP contribution in [0.25, 0.3) is 0 Å². The predicted molar refractivity (Wildman–Crippen MR) is 66.6 cm³/mol. The summed E-state index contributed by atoms with van der Waals surface area (Å²) >= 11 is 0. The Kier molecular flexibility index (Phi) is 3.13. The summed E-state index contributed by atoms with van der Waals surface area (Å²) < 4.78 is 39.6. The van der Waals surface area contributed by atoms with Gasteiger partial charge in [0, 0.05) is 11.8 Å². The fourth-order valence-corrected chi connectivity index (χ4v) is 2.33. The van der Waals surface area contributed by atoms with Gasteiger partial charge in [0.1, 0.15) is 18.0 Å². The van der Waals surface area contributed by atoms with Crippen molar-refractivity contribution in [2.24, 2.45) is 0 Å². The van der Waals surface area contributed by atoms with Crippen molar-refractivity contribution in [3.05, 3.63) is 36.0 Å². The van der Waals surface area contributed by atoms with Crippen molar-refractivity contribution in [2.45, 2.75) is 18.2 Å². The van der Waals surface area contributed by atoms with Crippen LogP contribution in [0.3, 0.4) is 0 Å². The molecule has 0 fully saturated rings. The number of hydrogen-bond donors (Lipinski definition) is 2. The molecule has 0 bridgehead atoms. The second kappa shape index (κ2) is 4.77. The van der Waals surface area contributed by atoms with Crippen LogP contribution in [0, 0.1) is 0 Å². The van der Waals surface area contributed by atoms with Crippen molar-refractivity contribution < 1.29 is 23.1 Å². The van der Waals surface area contributed by atoms with Gasteiger partial charge in [-0.3, -0.25) is 14.8 Å². The number of pyridine rings is 1. The van der Waals surface area contributed by atoms with Crippen molar-refractivity contribution in [1.82, 2.24) is 20.2 Å². The second-order valence-electron chi connectivity index (χ2n) is 4.82. The number of carbonyl (C=O) groups excluding carboxylic acids is 1. The minimum Gasteiger partial charge on any atom is -0.375 e. The molecule has 116 valence electrons. The molecule has 0 aromatic carbocycles. The zero-order chi connectivity index (χ0) is 16.0. The van der Waals surface area contributed by atoms with Gasteiger partial charge < -0.3 is 5.11 Å². The first-order valence-electron chi connectivity index (χ1n) is 6.22. The number of nitrogens with one attached hydrogen (secondary N) is 1. The van der Waals surface area contributed by atoms with E-state index in [0.717, 1.165) is 11.0 Å². The highest BCUT2D eigenvalue weighted by Crippen LogP contribution is 2.47. The highest BCUT2D eigenvalue weighted by molar-refractivity contribution is 5.96. The lowest BCUT2D eigenvalue weighted by Crippen LogP contribution is -2.47. The van der Waals surface area contributed by atoms with Gasteiger partial charge in [-0.05, 0) is 6.07 Å². The number of aromatic nitrogens is 4. The van der Waals surface area contributed by atoms with Crippen LogP contribution in [-0.2, 0) is 16.8 Å². The Morgan fingerprint density at radius 2 is 2.23 bits per heavy atom. The van der Waals surface area contributed by atoms with E-state index in [9.17, 15) is 23.1 Å². The van der Waals surface area contributed by atoms with E-state index in [2.05, 4.69) is 20.2 Å². The van der Waals surface area contributed by atoms with Crippen LogP contribution in [0.4, 0.5) is 19.0 Å². The zero-order valence-electron chi connectivity index (χ0n) is 11.0. The first kappa shape index (κ1) is 14.4. The Labute approximate surface area is 121 Å². The van der Waals surface area contributed by atoms with E-state index < -0.39 is 29.8 Å². The van der Waals surface area contributed by atoms with Gasteiger partial charge in [0.05, 0.1) is 13.0 Å². The quantitative estimate of drug-likeness (QED) is 0.844. The molecule has 0 saturated heterocycles. The topological polar surface area (TPSA) is 95.0 Å². The number of β-amino-alcohol motifs (C(OH)–C–C–N with tert-alkyl or cyclic N) is 1. The van der Waals surface area contributed by atoms with Crippen LogP contribution < -0.4 is 4.90 Å². The maximum atomic E-state index is 13.2. The SMILES string of the molecule is O=C(Cc1ncn[nH]1)N1CC(O)(C(F)(F)F)c2cccnc21. The first-order valence-corrected chi connectivity index (χ1v) is 6.22. The molecule has 1 amide bonds. The Morgan fingerprint density at radius 1 is 1.45 bits per heavy atom. The van der Waals surface area contributed by atoms with Gasteiger partial charge in [-0.15, -0.1) is 0 Å². The molecule has 1 unspecified atom stereocenters. The van der Waals surface area contributed by atoms with Crippen molar-refractivity contribution in [3.63, 3.8) is 0 Å². The largest absolute Gasteiger partial charge is 0.423 e. The molecule has 2 N–H and O–H groups in total. The minimum atomic E-state index is -4.92. The van der Waals surface area contributed by atoms with Crippen molar-refractivity contribution >= 4 is 11.7 Å². The third-order valence-electron chi connectivity index (χ3n) is 3.43. The molecule has 7 nitrogen and oxygen atoms in total. The molecule has 2 aromatic heterocycles. The van der Waals surface area contributed by atoms with Gasteiger partial charge in [0.2, 0.25) is 11.5 Å². The van der Waals surface area contributed by atoms with E-state index in [1.54, 1.807) is 0 Å². The Morgan fingerprint density at radius 3 is 2.86 bits per heavy atom. The van der Waals surface area contributed by atoms with Crippen molar-refractivity contribution in [3.8, 4) is 0 Å². The fourth-order valence-electron chi connectivity index (χ4n) is 2.33. The number of rotatable bonds is 2. The van der Waals surface area contributed by atoms with Crippen LogP contribution in [0.2, 0.25) is 0 Å². The first-order chi connectivity index (χ1) is 10.3. The molecular formula is C12H10F3N5O2. The van der Waals surface area contributed by atoms with Gasteiger partial charge in [0.15, 0.2) is 0 Å². The molecule has 3 heterocycles. The average Bonchev–Trinajstić information content (AvgIpc) is 3.06. The van der Waals surface area contributed by atoms with Crippen LogP contribution in [0.1, 0.15) is 11.4 Å². The van der Waals surface area contributed by atoms with E-state index in [4.69, 9.17) is 0 Å². The number of anilines is 1. The number of nitrogens with zero attached hydrogens (tertiary/aromatic N) is 4. The molecule has 3 rings (SSSR count). The summed E-state index contributed by atoms with van der Waals surface area (Å²) in [6.45, 7) is -0.935. The smallest absolute Gasteiger partial charge is 0.375 e. The molecular weight excluding hydrogens is 303 g/mol. The van der Waals surface area contributed by atoms with Gasteiger partial charge in [0.25, 0.3) is 0 Å². The summed E-state index contributed by atoms with van der Waals surface area (Å²) in [6, 6.07) is 2.39. The summed E-state index contributed by atoms with van der Waals surface area (Å²) in [6.07, 6.45) is -2.75. The van der Waals surface area contributed by atoms with E-state index in [1.807, 2.05) is 0 Å². The third kappa shape index (κ3) is 2.11. The highest BCUT2D eigenvalue weighted by atomic mass is 19.4. The number of carbonyl (C=O) groups is 1. The zero-order valence-corrected chi connectivity index (χ0v) is 11.0. The number of amides is 1. The lowest BCUT2D eigenvalue weighted by atomic mass is 9.97. The molecule has 0 aliphatic carbocycles. The van der Waals surface area contributed by atoms with Gasteiger partial charge >= 0.3 is 6.18 Å². The number of aromatic amines is 1. The maximum absolute atomic E-state index is 13.2. The molecule has 1 atom stereocenters. The Balaban J connectivity index is 1.96. The number of hydrogen-bond acceptors (Lipinski definition) is 5. The molecule has 10 heteroatoms. The van der Waals surface area contributed by atoms with Crippen LogP contribution in [-0.4, -0.2) is 43.9 Å². The number of H-pyrrole nitrogens is 1. The normalized spacial score (nSPS) is 21.0. The fraction of sp³-hybridized carbons (Fsp3) is 0.333. The summed E-state index contributed by atoms with van der Waals surface area (Å²) in [4.78, 5) is 20.6. The molecule has 22 heavy (non-hydrogen) atoms. The van der Waals surface area contributed by atoms with Gasteiger partial charge in [-0.1, -0.05) is 6.07 Å². The highest BCUT2D eigenvalue weighted by Gasteiger charge is 2.61. The summed E-state index contributed by atoms with van der Waals surface area (Å²) in [5.41, 5.74) is -3.57. The lowest BCUT2D eigenvalue weighted by Gasteiger charge is -2.26. The third-order valence-corrected chi connectivity index (χ3v) is 3.43. The predicted octanol–water partition coefficient (Wildman–Crippen LogP) is 0.539. The van der Waals surface area contributed by atoms with E-state index >= 15 is 0 Å². The van der Waals surface area contributed by atoms with Crippen LogP contribution in [0.15, 0.2) is 24.7 Å². The Hall–Kier alpha value is -2.49. The van der Waals surface area contributed by atoms with Crippen LogP contribution in [0.5, 0.6) is 0 Å². The molecule has 1 aliphatic heterocycles. The van der Waals surface area contributed by atoms with E-state index in [0.29, 0.717) is 0 Å². The van der Waals surface area contributed by atoms with Crippen LogP contribution >= 0.6 is 0 Å². The molecule has 0 spiro atoms. The number of halogens is 3. The summed E-state index contributed by atoms with van der Waals surface area (Å²) in [5, 5.41) is 16.0. The molecule has 0 radical (unpaired) electrons. The Bertz CT molecular complexity index is 703. The summed E-state index contributed by atoms with van der Waals surface area (Å²) in [7, 11) is 0. The number of aliphatic hydroxyl groups is 1. The van der Waals surface area contributed by atoms with Crippen molar-refractivity contribution in [1.29, 1.82) is 0 Å². The van der Waals surface area contributed by atoms with E-state index in [-0.39, 0.29) is 18.1 Å². The second-order valence-corrected chi connectivity index (χ2v) is 4.82. The molecule has 2 aromatic rings. The monoisotopic (exact) mass is 313 g/mol. The van der Waals surface area contributed by atoms with E-state index in [1.165, 1.54) is 18.6 Å². The maximum Gasteiger partial charge on any atom is 0.423 e. The van der Waals surface area contributed by atoms with Crippen molar-refractivity contribution in [2.75, 3.05) is 11.4 Å². The minimum absolute atomic E-state index is 0.202. The van der Waals surface area contributed by atoms with Gasteiger partial charge in [-0.25, -0.2) is 9.97 Å².